The minimum absolute atomic E-state index is 0.0403. The lowest BCUT2D eigenvalue weighted by Crippen LogP contribution is -2.90. The largest absolute Gasteiger partial charge is 0.481 e. The van der Waals surface area contributed by atoms with Crippen LogP contribution in [0.4, 0.5) is 5.69 Å². The number of quaternary nitrogens is 1. The van der Waals surface area contributed by atoms with Crippen LogP contribution in [0.2, 0.25) is 0 Å². The molecular weight excluding hydrogens is 232 g/mol. The molecule has 0 heterocycles. The summed E-state index contributed by atoms with van der Waals surface area (Å²) in [6, 6.07) is 5.58. The minimum atomic E-state index is -0.402. The smallest absolute Gasteiger partial charge is 0.311 e. The number of nitro groups is 1. The van der Waals surface area contributed by atoms with Gasteiger partial charge < -0.3 is 10.1 Å². The van der Waals surface area contributed by atoms with E-state index in [9.17, 15) is 10.1 Å². The highest BCUT2D eigenvalue weighted by atomic mass is 16.6. The van der Waals surface area contributed by atoms with Gasteiger partial charge in [0.2, 0.25) is 0 Å². The van der Waals surface area contributed by atoms with Gasteiger partial charge in [-0.15, -0.1) is 0 Å². The van der Waals surface area contributed by atoms with Crippen LogP contribution in [-0.2, 0) is 0 Å². The number of benzene rings is 1. The molecule has 2 N–H and O–H groups in total. The molecule has 0 saturated carbocycles. The van der Waals surface area contributed by atoms with Gasteiger partial charge in [0.15, 0.2) is 5.75 Å². The Kier molecular flexibility index (Phi) is 5.58. The number of rotatable bonds is 7. The number of hydrogen-bond acceptors (Lipinski definition) is 3. The van der Waals surface area contributed by atoms with E-state index in [-0.39, 0.29) is 5.69 Å². The highest BCUT2D eigenvalue weighted by Crippen LogP contribution is 2.27. The Balaban J connectivity index is 2.54. The van der Waals surface area contributed by atoms with Gasteiger partial charge in [0.05, 0.1) is 11.0 Å². The zero-order chi connectivity index (χ0) is 13.5. The molecule has 5 heteroatoms. The molecule has 0 unspecified atom stereocenters. The van der Waals surface area contributed by atoms with Crippen molar-refractivity contribution in [3.05, 3.63) is 33.9 Å². The highest BCUT2D eigenvalue weighted by molar-refractivity contribution is 5.48. The summed E-state index contributed by atoms with van der Waals surface area (Å²) in [7, 11) is 0. The van der Waals surface area contributed by atoms with E-state index in [0.717, 1.165) is 18.5 Å². The maximum Gasteiger partial charge on any atom is 0.311 e. The van der Waals surface area contributed by atoms with Crippen LogP contribution in [0.15, 0.2) is 18.2 Å². The molecule has 0 aliphatic carbocycles. The zero-order valence-corrected chi connectivity index (χ0v) is 11.2. The minimum Gasteiger partial charge on any atom is -0.481 e. The van der Waals surface area contributed by atoms with Crippen molar-refractivity contribution in [3.63, 3.8) is 0 Å². The zero-order valence-electron chi connectivity index (χ0n) is 11.2. The van der Waals surface area contributed by atoms with E-state index in [1.165, 1.54) is 6.07 Å². The fourth-order valence-electron chi connectivity index (χ4n) is 1.58. The van der Waals surface area contributed by atoms with Crippen LogP contribution in [0.1, 0.15) is 25.8 Å². The number of ether oxygens (including phenoxy) is 1. The van der Waals surface area contributed by atoms with Crippen LogP contribution >= 0.6 is 0 Å². The molecule has 5 nitrogen and oxygen atoms in total. The molecule has 1 aromatic carbocycles. The molecule has 1 atom stereocenters. The summed E-state index contributed by atoms with van der Waals surface area (Å²) >= 11 is 0. The number of nitrogens with zero attached hydrogens (tertiary/aromatic N) is 1. The van der Waals surface area contributed by atoms with E-state index >= 15 is 0 Å². The Morgan fingerprint density at radius 3 is 2.83 bits per heavy atom. The molecule has 0 saturated heterocycles. The number of nitro benzene ring substituents is 1. The molecule has 0 spiro atoms. The van der Waals surface area contributed by atoms with Crippen LogP contribution in [-0.4, -0.2) is 24.1 Å². The van der Waals surface area contributed by atoms with Crippen LogP contribution in [0.5, 0.6) is 5.75 Å². The van der Waals surface area contributed by atoms with Gasteiger partial charge in [-0.2, -0.15) is 0 Å². The van der Waals surface area contributed by atoms with E-state index in [1.807, 2.05) is 13.0 Å². The first-order chi connectivity index (χ1) is 8.54. The van der Waals surface area contributed by atoms with Crippen LogP contribution < -0.4 is 10.1 Å². The molecule has 100 valence electrons. The summed E-state index contributed by atoms with van der Waals surface area (Å²) in [5.41, 5.74) is 0.902. The average molecular weight is 253 g/mol. The molecular formula is C13H21N2O3+. The Bertz CT molecular complexity index is 407. The lowest BCUT2D eigenvalue weighted by molar-refractivity contribution is -0.686. The van der Waals surface area contributed by atoms with Crippen molar-refractivity contribution in [2.24, 2.45) is 0 Å². The van der Waals surface area contributed by atoms with E-state index in [4.69, 9.17) is 4.74 Å². The van der Waals surface area contributed by atoms with Gasteiger partial charge in [-0.3, -0.25) is 10.1 Å². The lowest BCUT2D eigenvalue weighted by atomic mass is 10.2. The molecule has 1 aromatic rings. The van der Waals surface area contributed by atoms with Crippen LogP contribution in [0.3, 0.4) is 0 Å². The van der Waals surface area contributed by atoms with Gasteiger partial charge in [0.25, 0.3) is 0 Å². The highest BCUT2D eigenvalue weighted by Gasteiger charge is 2.15. The van der Waals surface area contributed by atoms with Crippen molar-refractivity contribution >= 4 is 5.69 Å². The first-order valence-corrected chi connectivity index (χ1v) is 6.25. The molecule has 0 aliphatic heterocycles. The summed E-state index contributed by atoms with van der Waals surface area (Å²) in [5.74, 6) is 0.350. The summed E-state index contributed by atoms with van der Waals surface area (Å²) in [5, 5.41) is 13.1. The summed E-state index contributed by atoms with van der Waals surface area (Å²) < 4.78 is 5.48. The quantitative estimate of drug-likeness (QED) is 0.456. The number of hydrogen-bond donors (Lipinski definition) is 1. The van der Waals surface area contributed by atoms with Crippen molar-refractivity contribution in [1.29, 1.82) is 0 Å². The Morgan fingerprint density at radius 2 is 2.22 bits per heavy atom. The summed E-state index contributed by atoms with van der Waals surface area (Å²) in [4.78, 5) is 10.5. The lowest BCUT2D eigenvalue weighted by Gasteiger charge is -2.09. The first kappa shape index (κ1) is 14.4. The van der Waals surface area contributed by atoms with Gasteiger partial charge in [0, 0.05) is 6.07 Å². The second kappa shape index (κ2) is 6.96. The van der Waals surface area contributed by atoms with Crippen molar-refractivity contribution in [2.45, 2.75) is 33.2 Å². The van der Waals surface area contributed by atoms with Crippen molar-refractivity contribution in [3.8, 4) is 5.75 Å². The Hall–Kier alpha value is -1.62. The first-order valence-electron chi connectivity index (χ1n) is 6.25. The van der Waals surface area contributed by atoms with Gasteiger partial charge >= 0.3 is 5.69 Å². The Labute approximate surface area is 107 Å². The number of nitrogens with two attached hydrogens (primary N) is 1. The maximum atomic E-state index is 10.9. The Morgan fingerprint density at radius 1 is 1.50 bits per heavy atom. The van der Waals surface area contributed by atoms with Gasteiger partial charge in [-0.1, -0.05) is 13.0 Å². The van der Waals surface area contributed by atoms with E-state index < -0.39 is 4.92 Å². The summed E-state index contributed by atoms with van der Waals surface area (Å²) in [6.45, 7) is 7.39. The van der Waals surface area contributed by atoms with Crippen LogP contribution in [0, 0.1) is 17.0 Å². The standard InChI is InChI=1S/C13H20N2O3/c1-4-11(3)14-7-8-18-13-6-5-10(2)9-12(13)15(16)17/h5-6,9,11,14H,4,7-8H2,1-3H3/p+1/t11-/m0/s1. The molecule has 0 fully saturated rings. The van der Waals surface area contributed by atoms with Crippen molar-refractivity contribution in [2.75, 3.05) is 13.2 Å². The third kappa shape index (κ3) is 4.33. The van der Waals surface area contributed by atoms with Gasteiger partial charge in [-0.25, -0.2) is 0 Å². The maximum absolute atomic E-state index is 10.9. The van der Waals surface area contributed by atoms with Crippen LogP contribution in [0.25, 0.3) is 0 Å². The molecule has 0 bridgehead atoms. The van der Waals surface area contributed by atoms with Crippen molar-refractivity contribution < 1.29 is 15.0 Å². The molecule has 0 amide bonds. The third-order valence-corrected chi connectivity index (χ3v) is 2.90. The number of aryl methyl sites for hydroxylation is 1. The van der Waals surface area contributed by atoms with E-state index in [1.54, 1.807) is 6.07 Å². The third-order valence-electron chi connectivity index (χ3n) is 2.90. The molecule has 1 rings (SSSR count). The summed E-state index contributed by atoms with van der Waals surface area (Å²) in [6.07, 6.45) is 1.10. The predicted molar refractivity (Wildman–Crippen MR) is 69.9 cm³/mol. The van der Waals surface area contributed by atoms with E-state index in [2.05, 4.69) is 19.2 Å². The van der Waals surface area contributed by atoms with Gasteiger partial charge in [0.1, 0.15) is 13.2 Å². The second-order valence-corrected chi connectivity index (χ2v) is 4.49. The van der Waals surface area contributed by atoms with E-state index in [0.29, 0.717) is 18.4 Å². The predicted octanol–water partition coefficient (Wildman–Crippen LogP) is 1.64. The SMILES string of the molecule is CC[C@H](C)[NH2+]CCOc1ccc(C)cc1[N+](=O)[O-]. The normalized spacial score (nSPS) is 12.2. The topological polar surface area (TPSA) is 69.0 Å². The monoisotopic (exact) mass is 253 g/mol. The molecule has 0 radical (unpaired) electrons. The molecule has 18 heavy (non-hydrogen) atoms. The second-order valence-electron chi connectivity index (χ2n) is 4.49. The fourth-order valence-corrected chi connectivity index (χ4v) is 1.58. The average Bonchev–Trinajstić information content (AvgIpc) is 2.35. The van der Waals surface area contributed by atoms with Crippen molar-refractivity contribution in [1.82, 2.24) is 0 Å². The van der Waals surface area contributed by atoms with Gasteiger partial charge in [-0.05, 0) is 31.9 Å². The molecule has 0 aliphatic rings. The fraction of sp³-hybridized carbons (Fsp3) is 0.538. The molecule has 0 aromatic heterocycles.